The summed E-state index contributed by atoms with van der Waals surface area (Å²) in [4.78, 5) is 20.1. The van der Waals surface area contributed by atoms with Crippen molar-refractivity contribution in [1.82, 2.24) is 19.9 Å². The molecule has 0 radical (unpaired) electrons. The molecule has 0 N–H and O–H groups in total. The smallest absolute Gasteiger partial charge is 0.164 e. The summed E-state index contributed by atoms with van der Waals surface area (Å²) in [5.74, 6) is 1.97. The fourth-order valence-electron chi connectivity index (χ4n) is 6.46. The lowest BCUT2D eigenvalue weighted by Gasteiger charge is -2.09. The lowest BCUT2D eigenvalue weighted by atomic mass is 10.1. The first-order valence-electron chi connectivity index (χ1n) is 15.8. The Hall–Kier alpha value is -5.82. The van der Waals surface area contributed by atoms with Crippen LogP contribution in [0.1, 0.15) is 0 Å². The molecule has 0 aliphatic rings. The maximum absolute atomic E-state index is 5.11. The standard InChI is InChI=1S/C42H24N4S2/c1-2-10-27(11-3-1)39-44-40(30-16-14-25-8-4-6-12-28(25)20-30)46-41(45-39)31-18-19-36-33(22-31)34-23-35-38(24-37(34)47-36)48-42(43-35)32-17-15-26-9-5-7-13-29(26)21-32/h1-24H. The highest BCUT2D eigenvalue weighted by Crippen LogP contribution is 2.41. The first-order valence-corrected chi connectivity index (χ1v) is 17.4. The Morgan fingerprint density at radius 2 is 0.896 bits per heavy atom. The molecule has 0 saturated carbocycles. The Bertz CT molecular complexity index is 2850. The number of thiophene rings is 1. The number of hydrogen-bond donors (Lipinski definition) is 0. The second-order valence-corrected chi connectivity index (χ2v) is 14.1. The molecule has 3 heterocycles. The number of aromatic nitrogens is 4. The zero-order valence-corrected chi connectivity index (χ0v) is 27.1. The molecule has 0 aliphatic heterocycles. The van der Waals surface area contributed by atoms with Crippen molar-refractivity contribution in [1.29, 1.82) is 0 Å². The molecule has 4 nitrogen and oxygen atoms in total. The Morgan fingerprint density at radius 3 is 1.62 bits per heavy atom. The zero-order chi connectivity index (χ0) is 31.6. The van der Waals surface area contributed by atoms with Crippen LogP contribution < -0.4 is 0 Å². The zero-order valence-electron chi connectivity index (χ0n) is 25.5. The van der Waals surface area contributed by atoms with Crippen LogP contribution in [0.5, 0.6) is 0 Å². The van der Waals surface area contributed by atoms with Crippen molar-refractivity contribution in [3.8, 4) is 44.7 Å². The van der Waals surface area contributed by atoms with Gasteiger partial charge in [-0.05, 0) is 64.0 Å². The molecule has 224 valence electrons. The fourth-order valence-corrected chi connectivity index (χ4v) is 8.63. The third-order valence-electron chi connectivity index (χ3n) is 8.91. The van der Waals surface area contributed by atoms with E-state index < -0.39 is 0 Å². The van der Waals surface area contributed by atoms with Gasteiger partial charge in [0.2, 0.25) is 0 Å². The molecule has 0 fully saturated rings. The van der Waals surface area contributed by atoms with Crippen molar-refractivity contribution in [3.05, 3.63) is 146 Å². The van der Waals surface area contributed by atoms with Crippen molar-refractivity contribution in [3.63, 3.8) is 0 Å². The molecule has 48 heavy (non-hydrogen) atoms. The highest BCUT2D eigenvalue weighted by Gasteiger charge is 2.16. The molecule has 0 amide bonds. The molecule has 0 saturated heterocycles. The van der Waals surface area contributed by atoms with Gasteiger partial charge in [0, 0.05) is 42.4 Å². The van der Waals surface area contributed by atoms with E-state index in [1.807, 2.05) is 41.7 Å². The lowest BCUT2D eigenvalue weighted by Crippen LogP contribution is -2.00. The van der Waals surface area contributed by atoms with Gasteiger partial charge in [-0.25, -0.2) is 19.9 Å². The number of hydrogen-bond acceptors (Lipinski definition) is 6. The molecule has 10 aromatic rings. The quantitative estimate of drug-likeness (QED) is 0.191. The third kappa shape index (κ3) is 4.65. The van der Waals surface area contributed by atoms with Crippen LogP contribution in [0, 0.1) is 0 Å². The summed E-state index contributed by atoms with van der Waals surface area (Å²) in [7, 11) is 0. The topological polar surface area (TPSA) is 51.6 Å². The average Bonchev–Trinajstić information content (AvgIpc) is 3.73. The summed E-state index contributed by atoms with van der Waals surface area (Å²) >= 11 is 3.57. The fraction of sp³-hybridized carbons (Fsp3) is 0. The Kier molecular flexibility index (Phi) is 6.19. The highest BCUT2D eigenvalue weighted by molar-refractivity contribution is 7.26. The van der Waals surface area contributed by atoms with Crippen molar-refractivity contribution < 1.29 is 0 Å². The molecule has 0 unspecified atom stereocenters. The van der Waals surface area contributed by atoms with Crippen molar-refractivity contribution in [2.24, 2.45) is 0 Å². The number of rotatable bonds is 4. The molecular weight excluding hydrogens is 625 g/mol. The predicted molar refractivity (Wildman–Crippen MR) is 203 cm³/mol. The van der Waals surface area contributed by atoms with Crippen molar-refractivity contribution >= 4 is 74.6 Å². The van der Waals surface area contributed by atoms with E-state index in [0.717, 1.165) is 38.2 Å². The summed E-state index contributed by atoms with van der Waals surface area (Å²) in [6.07, 6.45) is 0. The molecular formula is C42H24N4S2. The van der Waals surface area contributed by atoms with Crippen LogP contribution in [0.2, 0.25) is 0 Å². The van der Waals surface area contributed by atoms with Crippen LogP contribution in [0.3, 0.4) is 0 Å². The summed E-state index contributed by atoms with van der Waals surface area (Å²) in [6.45, 7) is 0. The SMILES string of the molecule is c1ccc(-c2nc(-c3ccc4ccccc4c3)nc(-c3ccc4sc5cc6sc(-c7ccc8ccccc8c7)nc6cc5c4c3)n2)cc1. The maximum Gasteiger partial charge on any atom is 0.164 e. The van der Waals surface area contributed by atoms with Gasteiger partial charge in [0.15, 0.2) is 17.5 Å². The van der Waals surface area contributed by atoms with E-state index in [-0.39, 0.29) is 0 Å². The van der Waals surface area contributed by atoms with E-state index in [9.17, 15) is 0 Å². The molecule has 0 bridgehead atoms. The normalized spacial score (nSPS) is 11.8. The number of fused-ring (bicyclic) bond motifs is 6. The van der Waals surface area contributed by atoms with E-state index in [1.54, 1.807) is 11.3 Å². The Morgan fingerprint density at radius 1 is 0.333 bits per heavy atom. The largest absolute Gasteiger partial charge is 0.236 e. The first-order chi connectivity index (χ1) is 23.7. The van der Waals surface area contributed by atoms with E-state index in [4.69, 9.17) is 19.9 Å². The lowest BCUT2D eigenvalue weighted by molar-refractivity contribution is 1.08. The summed E-state index contributed by atoms with van der Waals surface area (Å²) in [5.41, 5.74) is 5.05. The van der Waals surface area contributed by atoms with Gasteiger partial charge in [-0.3, -0.25) is 0 Å². The minimum atomic E-state index is 0.654. The molecule has 0 spiro atoms. The molecule has 10 rings (SSSR count). The summed E-state index contributed by atoms with van der Waals surface area (Å²) in [5, 5.41) is 8.23. The van der Waals surface area contributed by atoms with Crippen LogP contribution in [-0.4, -0.2) is 19.9 Å². The van der Waals surface area contributed by atoms with Crippen LogP contribution in [0.25, 0.3) is 96.7 Å². The second kappa shape index (κ2) is 10.9. The Labute approximate surface area is 283 Å². The predicted octanol–water partition coefficient (Wildman–Crippen LogP) is 11.8. The first kappa shape index (κ1) is 27.3. The van der Waals surface area contributed by atoms with Gasteiger partial charge in [0.1, 0.15) is 5.01 Å². The summed E-state index contributed by atoms with van der Waals surface area (Å²) in [6, 6.07) is 51.0. The van der Waals surface area contributed by atoms with Gasteiger partial charge in [-0.2, -0.15) is 0 Å². The monoisotopic (exact) mass is 648 g/mol. The van der Waals surface area contributed by atoms with Gasteiger partial charge in [-0.15, -0.1) is 22.7 Å². The van der Waals surface area contributed by atoms with Crippen LogP contribution >= 0.6 is 22.7 Å². The van der Waals surface area contributed by atoms with Gasteiger partial charge in [-0.1, -0.05) is 103 Å². The van der Waals surface area contributed by atoms with Gasteiger partial charge >= 0.3 is 0 Å². The maximum atomic E-state index is 5.11. The Balaban J connectivity index is 1.11. The molecule has 6 heteroatoms. The molecule has 0 atom stereocenters. The number of benzene rings is 7. The van der Waals surface area contributed by atoms with Crippen molar-refractivity contribution in [2.45, 2.75) is 0 Å². The minimum Gasteiger partial charge on any atom is -0.236 e. The van der Waals surface area contributed by atoms with E-state index in [2.05, 4.69) is 115 Å². The van der Waals surface area contributed by atoms with E-state index in [0.29, 0.717) is 17.5 Å². The highest BCUT2D eigenvalue weighted by atomic mass is 32.1. The van der Waals surface area contributed by atoms with Gasteiger partial charge in [0.05, 0.1) is 10.2 Å². The van der Waals surface area contributed by atoms with E-state index in [1.165, 1.54) is 41.0 Å². The minimum absolute atomic E-state index is 0.654. The van der Waals surface area contributed by atoms with Crippen LogP contribution in [0.15, 0.2) is 146 Å². The second-order valence-electron chi connectivity index (χ2n) is 11.9. The summed E-state index contributed by atoms with van der Waals surface area (Å²) < 4.78 is 3.68. The average molecular weight is 649 g/mol. The van der Waals surface area contributed by atoms with Gasteiger partial charge < -0.3 is 0 Å². The van der Waals surface area contributed by atoms with Crippen molar-refractivity contribution in [2.75, 3.05) is 0 Å². The number of thiazole rings is 1. The molecule has 3 aromatic heterocycles. The third-order valence-corrected chi connectivity index (χ3v) is 11.1. The van der Waals surface area contributed by atoms with Gasteiger partial charge in [0.25, 0.3) is 0 Å². The van der Waals surface area contributed by atoms with Crippen LogP contribution in [0.4, 0.5) is 0 Å². The molecule has 7 aromatic carbocycles. The molecule has 0 aliphatic carbocycles. The number of nitrogens with zero attached hydrogens (tertiary/aromatic N) is 4. The van der Waals surface area contributed by atoms with Crippen LogP contribution in [-0.2, 0) is 0 Å². The van der Waals surface area contributed by atoms with E-state index >= 15 is 0 Å².